The van der Waals surface area contributed by atoms with Crippen LogP contribution in [0.15, 0.2) is 48.8 Å². The maximum atomic E-state index is 12.2. The fraction of sp³-hybridized carbons (Fsp3) is 0.227. The molecule has 0 spiro atoms. The summed E-state index contributed by atoms with van der Waals surface area (Å²) < 4.78 is 12.2. The van der Waals surface area contributed by atoms with Gasteiger partial charge >= 0.3 is 0 Å². The molecule has 4 aromatic heterocycles. The van der Waals surface area contributed by atoms with Crippen LogP contribution >= 0.6 is 0 Å². The second kappa shape index (κ2) is 9.29. The molecule has 4 rings (SSSR count). The number of nitrogens with zero attached hydrogens (tertiary/aromatic N) is 5. The molecule has 0 unspecified atom stereocenters. The molecular formula is C22H23N7O3. The summed E-state index contributed by atoms with van der Waals surface area (Å²) in [5, 5.41) is 10.6. The van der Waals surface area contributed by atoms with Crippen molar-refractivity contribution in [3.05, 3.63) is 54.5 Å². The largest absolute Gasteiger partial charge is 0.491 e. The van der Waals surface area contributed by atoms with Crippen molar-refractivity contribution in [2.45, 2.75) is 13.3 Å². The van der Waals surface area contributed by atoms with Crippen molar-refractivity contribution < 1.29 is 14.3 Å². The molecule has 10 nitrogen and oxygen atoms in total. The molecule has 0 fully saturated rings. The van der Waals surface area contributed by atoms with Gasteiger partial charge in [0.15, 0.2) is 17.2 Å². The molecule has 1 amide bonds. The molecule has 0 saturated carbocycles. The van der Waals surface area contributed by atoms with Crippen LogP contribution in [0, 0.1) is 0 Å². The van der Waals surface area contributed by atoms with Crippen molar-refractivity contribution >= 4 is 23.2 Å². The van der Waals surface area contributed by atoms with Crippen molar-refractivity contribution in [1.82, 2.24) is 29.9 Å². The van der Waals surface area contributed by atoms with Gasteiger partial charge in [0, 0.05) is 18.3 Å². The summed E-state index contributed by atoms with van der Waals surface area (Å²) in [6.45, 7) is 2.60. The van der Waals surface area contributed by atoms with E-state index in [0.717, 1.165) is 12.0 Å². The summed E-state index contributed by atoms with van der Waals surface area (Å²) in [5.41, 5.74) is 2.47. The quantitative estimate of drug-likeness (QED) is 0.436. The molecule has 0 aromatic carbocycles. The van der Waals surface area contributed by atoms with Crippen LogP contribution in [-0.4, -0.2) is 51.2 Å². The van der Waals surface area contributed by atoms with Gasteiger partial charge in [-0.25, -0.2) is 19.5 Å². The second-order valence-corrected chi connectivity index (χ2v) is 6.87. The topological polar surface area (TPSA) is 116 Å². The number of anilines is 2. The number of aromatic nitrogens is 5. The number of imidazole rings is 1. The number of amides is 1. The van der Waals surface area contributed by atoms with Crippen LogP contribution in [0.2, 0.25) is 0 Å². The lowest BCUT2D eigenvalue weighted by Gasteiger charge is -2.08. The number of hydrogen-bond donors (Lipinski definition) is 2. The monoisotopic (exact) mass is 433 g/mol. The Morgan fingerprint density at radius 3 is 2.75 bits per heavy atom. The number of nitrogens with one attached hydrogen (secondary N) is 2. The van der Waals surface area contributed by atoms with E-state index in [1.807, 2.05) is 25.1 Å². The Morgan fingerprint density at radius 1 is 1.09 bits per heavy atom. The molecule has 4 aromatic rings. The fourth-order valence-electron chi connectivity index (χ4n) is 3.06. The van der Waals surface area contributed by atoms with Gasteiger partial charge in [0.1, 0.15) is 11.5 Å². The Kier molecular flexibility index (Phi) is 6.11. The minimum atomic E-state index is -0.208. The average molecular weight is 433 g/mol. The van der Waals surface area contributed by atoms with Crippen molar-refractivity contribution in [3.8, 4) is 22.9 Å². The van der Waals surface area contributed by atoms with E-state index in [9.17, 15) is 4.79 Å². The number of carbonyl (C=O) groups is 1. The Labute approximate surface area is 184 Å². The lowest BCUT2D eigenvalue weighted by molar-refractivity contribution is 0.0949. The van der Waals surface area contributed by atoms with E-state index in [1.54, 1.807) is 42.2 Å². The Bertz CT molecular complexity index is 1260. The number of methoxy groups -OCH3 is 2. The van der Waals surface area contributed by atoms with Crippen molar-refractivity contribution in [2.75, 3.05) is 26.1 Å². The smallest absolute Gasteiger partial charge is 0.269 e. The molecule has 2 N–H and O–H groups in total. The number of fused-ring (bicyclic) bond motifs is 1. The van der Waals surface area contributed by atoms with Crippen LogP contribution < -0.4 is 20.1 Å². The summed E-state index contributed by atoms with van der Waals surface area (Å²) in [5.74, 6) is 1.79. The molecular weight excluding hydrogens is 410 g/mol. The summed E-state index contributed by atoms with van der Waals surface area (Å²) in [4.78, 5) is 25.3. The number of ether oxygens (including phenoxy) is 2. The predicted molar refractivity (Wildman–Crippen MR) is 119 cm³/mol. The van der Waals surface area contributed by atoms with E-state index in [1.165, 1.54) is 7.11 Å². The van der Waals surface area contributed by atoms with Crippen molar-refractivity contribution in [3.63, 3.8) is 0 Å². The van der Waals surface area contributed by atoms with Crippen LogP contribution in [0.25, 0.3) is 16.9 Å². The molecule has 32 heavy (non-hydrogen) atoms. The summed E-state index contributed by atoms with van der Waals surface area (Å²) >= 11 is 0. The van der Waals surface area contributed by atoms with E-state index in [-0.39, 0.29) is 5.91 Å². The number of rotatable bonds is 8. The minimum Gasteiger partial charge on any atom is -0.491 e. The van der Waals surface area contributed by atoms with Gasteiger partial charge in [0.25, 0.3) is 11.8 Å². The zero-order valence-electron chi connectivity index (χ0n) is 18.0. The van der Waals surface area contributed by atoms with E-state index in [4.69, 9.17) is 9.47 Å². The Morgan fingerprint density at radius 2 is 1.97 bits per heavy atom. The van der Waals surface area contributed by atoms with Crippen LogP contribution in [0.5, 0.6) is 11.6 Å². The Balaban J connectivity index is 1.57. The first-order valence-electron chi connectivity index (χ1n) is 10.1. The second-order valence-electron chi connectivity index (χ2n) is 6.87. The van der Waals surface area contributed by atoms with Gasteiger partial charge in [0.05, 0.1) is 26.1 Å². The third kappa shape index (κ3) is 4.43. The highest BCUT2D eigenvalue weighted by atomic mass is 16.5. The molecule has 164 valence electrons. The zero-order chi connectivity index (χ0) is 22.5. The first kappa shape index (κ1) is 21.0. The predicted octanol–water partition coefficient (Wildman–Crippen LogP) is 3.09. The van der Waals surface area contributed by atoms with Gasteiger partial charge in [-0.1, -0.05) is 13.0 Å². The van der Waals surface area contributed by atoms with Crippen LogP contribution in [-0.2, 0) is 0 Å². The van der Waals surface area contributed by atoms with E-state index < -0.39 is 0 Å². The highest BCUT2D eigenvalue weighted by Gasteiger charge is 2.12. The molecule has 0 aliphatic rings. The van der Waals surface area contributed by atoms with E-state index in [2.05, 4.69) is 30.7 Å². The van der Waals surface area contributed by atoms with Crippen molar-refractivity contribution in [2.24, 2.45) is 0 Å². The van der Waals surface area contributed by atoms with Crippen LogP contribution in [0.4, 0.5) is 11.6 Å². The normalized spacial score (nSPS) is 10.7. The standard InChI is InChI=1S/C22H23N7O3/c1-4-10-23-21(30)16-6-5-7-18(25-16)26-19-13-29-20(27-19)9-8-15(28-29)14-11-17(31-2)22(32-3)24-12-14/h5-9,11-13H,4,10H2,1-3H3,(H,23,30)(H,25,26). The number of pyridine rings is 2. The Hall–Kier alpha value is -4.21. The van der Waals surface area contributed by atoms with Gasteiger partial charge in [-0.2, -0.15) is 5.10 Å². The summed E-state index contributed by atoms with van der Waals surface area (Å²) in [6, 6.07) is 10.7. The third-order valence-electron chi connectivity index (χ3n) is 4.62. The molecule has 0 radical (unpaired) electrons. The molecule has 4 heterocycles. The molecule has 0 aliphatic heterocycles. The first-order chi connectivity index (χ1) is 15.6. The molecule has 0 aliphatic carbocycles. The fourth-order valence-corrected chi connectivity index (χ4v) is 3.06. The zero-order valence-corrected chi connectivity index (χ0v) is 18.0. The third-order valence-corrected chi connectivity index (χ3v) is 4.62. The molecule has 0 atom stereocenters. The number of carbonyl (C=O) groups excluding carboxylic acids is 1. The summed E-state index contributed by atoms with van der Waals surface area (Å²) in [7, 11) is 3.10. The van der Waals surface area contributed by atoms with Gasteiger partial charge in [-0.3, -0.25) is 4.79 Å². The lowest BCUT2D eigenvalue weighted by atomic mass is 10.2. The lowest BCUT2D eigenvalue weighted by Crippen LogP contribution is -2.25. The summed E-state index contributed by atoms with van der Waals surface area (Å²) in [6.07, 6.45) is 4.28. The highest BCUT2D eigenvalue weighted by Crippen LogP contribution is 2.29. The van der Waals surface area contributed by atoms with Crippen molar-refractivity contribution in [1.29, 1.82) is 0 Å². The number of hydrogen-bond acceptors (Lipinski definition) is 8. The van der Waals surface area contributed by atoms with Gasteiger partial charge in [-0.15, -0.1) is 0 Å². The van der Waals surface area contributed by atoms with Gasteiger partial charge < -0.3 is 20.1 Å². The molecule has 0 saturated heterocycles. The highest BCUT2D eigenvalue weighted by molar-refractivity contribution is 5.92. The average Bonchev–Trinajstić information content (AvgIpc) is 3.23. The van der Waals surface area contributed by atoms with Gasteiger partial charge in [0.2, 0.25) is 0 Å². The maximum Gasteiger partial charge on any atom is 0.269 e. The van der Waals surface area contributed by atoms with Gasteiger partial charge in [-0.05, 0) is 36.8 Å². The van der Waals surface area contributed by atoms with Crippen LogP contribution in [0.3, 0.4) is 0 Å². The SMILES string of the molecule is CCCNC(=O)c1cccc(Nc2cn3nc(-c4cnc(OC)c(OC)c4)ccc3n2)n1. The first-order valence-corrected chi connectivity index (χ1v) is 10.1. The maximum absolute atomic E-state index is 12.2. The van der Waals surface area contributed by atoms with Crippen LogP contribution in [0.1, 0.15) is 23.8 Å². The molecule has 10 heteroatoms. The van der Waals surface area contributed by atoms with E-state index in [0.29, 0.717) is 46.8 Å². The minimum absolute atomic E-state index is 0.208. The van der Waals surface area contributed by atoms with E-state index >= 15 is 0 Å². The molecule has 0 bridgehead atoms.